The van der Waals surface area contributed by atoms with Crippen LogP contribution in [0.25, 0.3) is 0 Å². The summed E-state index contributed by atoms with van der Waals surface area (Å²) in [7, 11) is 0. The molecule has 0 fully saturated rings. The molecular formula is C16H14INO2. The lowest BCUT2D eigenvalue weighted by molar-refractivity contribution is -0.116. The van der Waals surface area contributed by atoms with Gasteiger partial charge in [-0.15, -0.1) is 0 Å². The molecule has 0 bridgehead atoms. The zero-order chi connectivity index (χ0) is 14.1. The first-order valence-electron chi connectivity index (χ1n) is 6.50. The highest BCUT2D eigenvalue weighted by Crippen LogP contribution is 2.30. The molecule has 0 spiro atoms. The van der Waals surface area contributed by atoms with Crippen molar-refractivity contribution in [2.24, 2.45) is 0 Å². The highest BCUT2D eigenvalue weighted by Gasteiger charge is 2.18. The summed E-state index contributed by atoms with van der Waals surface area (Å²) in [5, 5.41) is 13.4. The van der Waals surface area contributed by atoms with Gasteiger partial charge in [-0.2, -0.15) is 0 Å². The van der Waals surface area contributed by atoms with Gasteiger partial charge in [-0.05, 0) is 57.8 Å². The molecule has 1 atom stereocenters. The van der Waals surface area contributed by atoms with Crippen molar-refractivity contribution < 1.29 is 9.90 Å². The summed E-state index contributed by atoms with van der Waals surface area (Å²) in [4.78, 5) is 11.3. The molecule has 1 aliphatic rings. The molecule has 0 radical (unpaired) electrons. The van der Waals surface area contributed by atoms with Crippen LogP contribution in [0, 0.1) is 3.57 Å². The van der Waals surface area contributed by atoms with Crippen LogP contribution in [0.15, 0.2) is 42.5 Å². The molecule has 1 unspecified atom stereocenters. The molecule has 1 amide bonds. The summed E-state index contributed by atoms with van der Waals surface area (Å²) in [6.45, 7) is 0. The molecule has 2 aromatic carbocycles. The molecule has 2 N–H and O–H groups in total. The van der Waals surface area contributed by atoms with Gasteiger partial charge in [0.25, 0.3) is 0 Å². The number of carbonyl (C=O) groups excluding carboxylic acids is 1. The van der Waals surface area contributed by atoms with Crippen molar-refractivity contribution >= 4 is 34.2 Å². The standard InChI is InChI=1S/C16H14INO2/c17-13-4-2-1-3-12(13)16(20)11-5-7-14-10(9-11)6-8-15(19)18-14/h1-5,7,9,16,20H,6,8H2,(H,18,19). The highest BCUT2D eigenvalue weighted by atomic mass is 127. The largest absolute Gasteiger partial charge is 0.384 e. The zero-order valence-electron chi connectivity index (χ0n) is 10.8. The Morgan fingerprint density at radius 1 is 1.15 bits per heavy atom. The van der Waals surface area contributed by atoms with Gasteiger partial charge in [0.1, 0.15) is 6.10 Å². The number of anilines is 1. The van der Waals surface area contributed by atoms with Crippen molar-refractivity contribution in [3.05, 3.63) is 62.7 Å². The third-order valence-corrected chi connectivity index (χ3v) is 4.52. The van der Waals surface area contributed by atoms with Gasteiger partial charge in [0.15, 0.2) is 0 Å². The van der Waals surface area contributed by atoms with E-state index in [-0.39, 0.29) is 5.91 Å². The average Bonchev–Trinajstić information content (AvgIpc) is 2.46. The number of nitrogens with one attached hydrogen (secondary N) is 1. The highest BCUT2D eigenvalue weighted by molar-refractivity contribution is 14.1. The predicted molar refractivity (Wildman–Crippen MR) is 86.6 cm³/mol. The Morgan fingerprint density at radius 3 is 2.75 bits per heavy atom. The summed E-state index contributed by atoms with van der Waals surface area (Å²) in [6.07, 6.45) is 0.606. The van der Waals surface area contributed by atoms with Crippen LogP contribution in [0.5, 0.6) is 0 Å². The van der Waals surface area contributed by atoms with Gasteiger partial charge in [0, 0.05) is 15.7 Å². The first-order chi connectivity index (χ1) is 9.65. The SMILES string of the molecule is O=C1CCc2cc(C(O)c3ccccc3I)ccc2N1. The van der Waals surface area contributed by atoms with Crippen LogP contribution in [0.4, 0.5) is 5.69 Å². The minimum atomic E-state index is -0.633. The lowest BCUT2D eigenvalue weighted by Crippen LogP contribution is -2.19. The van der Waals surface area contributed by atoms with Crippen molar-refractivity contribution in [2.45, 2.75) is 18.9 Å². The Kier molecular flexibility index (Phi) is 3.76. The fourth-order valence-electron chi connectivity index (χ4n) is 2.45. The average molecular weight is 379 g/mol. The Labute approximate surface area is 131 Å². The number of halogens is 1. The summed E-state index contributed by atoms with van der Waals surface area (Å²) in [5.41, 5.74) is 3.73. The van der Waals surface area contributed by atoms with Crippen LogP contribution in [0.2, 0.25) is 0 Å². The van der Waals surface area contributed by atoms with Gasteiger partial charge in [0.05, 0.1) is 0 Å². The van der Waals surface area contributed by atoms with E-state index in [1.54, 1.807) is 0 Å². The van der Waals surface area contributed by atoms with Crippen LogP contribution >= 0.6 is 22.6 Å². The van der Waals surface area contributed by atoms with Crippen molar-refractivity contribution in [3.8, 4) is 0 Å². The van der Waals surface area contributed by atoms with Crippen molar-refractivity contribution in [3.63, 3.8) is 0 Å². The van der Waals surface area contributed by atoms with Gasteiger partial charge in [0.2, 0.25) is 5.91 Å². The Balaban J connectivity index is 1.95. The van der Waals surface area contributed by atoms with E-state index in [1.807, 2.05) is 42.5 Å². The first-order valence-corrected chi connectivity index (χ1v) is 7.58. The maximum atomic E-state index is 11.3. The second kappa shape index (κ2) is 5.54. The Morgan fingerprint density at radius 2 is 1.95 bits per heavy atom. The first kappa shape index (κ1) is 13.6. The van der Waals surface area contributed by atoms with E-state index in [0.29, 0.717) is 6.42 Å². The lowest BCUT2D eigenvalue weighted by Gasteiger charge is -2.20. The fourth-order valence-corrected chi connectivity index (χ4v) is 3.13. The van der Waals surface area contributed by atoms with Crippen molar-refractivity contribution in [1.82, 2.24) is 0 Å². The van der Waals surface area contributed by atoms with Crippen LogP contribution in [-0.4, -0.2) is 11.0 Å². The van der Waals surface area contributed by atoms with E-state index < -0.39 is 6.10 Å². The summed E-state index contributed by atoms with van der Waals surface area (Å²) >= 11 is 2.23. The third-order valence-electron chi connectivity index (χ3n) is 3.54. The van der Waals surface area contributed by atoms with E-state index in [1.165, 1.54) is 0 Å². The van der Waals surface area contributed by atoms with Gasteiger partial charge < -0.3 is 10.4 Å². The number of aliphatic hydroxyl groups is 1. The van der Waals surface area contributed by atoms with Crippen LogP contribution in [0.1, 0.15) is 29.2 Å². The number of hydrogen-bond donors (Lipinski definition) is 2. The van der Waals surface area contributed by atoms with E-state index >= 15 is 0 Å². The Hall–Kier alpha value is -1.40. The number of aryl methyl sites for hydroxylation is 1. The number of aliphatic hydroxyl groups excluding tert-OH is 1. The van der Waals surface area contributed by atoms with Crippen LogP contribution in [-0.2, 0) is 11.2 Å². The third kappa shape index (κ3) is 2.58. The summed E-state index contributed by atoms with van der Waals surface area (Å²) in [6, 6.07) is 13.5. The topological polar surface area (TPSA) is 49.3 Å². The molecule has 0 saturated carbocycles. The molecule has 2 aromatic rings. The maximum absolute atomic E-state index is 11.3. The molecule has 20 heavy (non-hydrogen) atoms. The minimum absolute atomic E-state index is 0.0587. The van der Waals surface area contributed by atoms with E-state index in [2.05, 4.69) is 27.9 Å². The number of amides is 1. The molecule has 1 aliphatic heterocycles. The van der Waals surface area contributed by atoms with Gasteiger partial charge >= 0.3 is 0 Å². The summed E-state index contributed by atoms with van der Waals surface area (Å²) in [5.74, 6) is 0.0587. The lowest BCUT2D eigenvalue weighted by atomic mass is 9.95. The van der Waals surface area contributed by atoms with Crippen molar-refractivity contribution in [1.29, 1.82) is 0 Å². The predicted octanol–water partition coefficient (Wildman–Crippen LogP) is 3.26. The Bertz CT molecular complexity index is 669. The van der Waals surface area contributed by atoms with Gasteiger partial charge in [-0.25, -0.2) is 0 Å². The van der Waals surface area contributed by atoms with Crippen LogP contribution < -0.4 is 5.32 Å². The number of hydrogen-bond acceptors (Lipinski definition) is 2. The molecule has 102 valence electrons. The van der Waals surface area contributed by atoms with E-state index in [4.69, 9.17) is 0 Å². The van der Waals surface area contributed by atoms with E-state index in [9.17, 15) is 9.90 Å². The van der Waals surface area contributed by atoms with Crippen molar-refractivity contribution in [2.75, 3.05) is 5.32 Å². The van der Waals surface area contributed by atoms with Crippen LogP contribution in [0.3, 0.4) is 0 Å². The second-order valence-electron chi connectivity index (χ2n) is 4.89. The summed E-state index contributed by atoms with van der Waals surface area (Å²) < 4.78 is 1.05. The number of rotatable bonds is 2. The smallest absolute Gasteiger partial charge is 0.224 e. The van der Waals surface area contributed by atoms with Gasteiger partial charge in [-0.1, -0.05) is 30.3 Å². The molecule has 4 heteroatoms. The molecule has 0 aliphatic carbocycles. The molecule has 3 rings (SSSR count). The quantitative estimate of drug-likeness (QED) is 0.788. The molecule has 0 aromatic heterocycles. The van der Waals surface area contributed by atoms with E-state index in [0.717, 1.165) is 32.4 Å². The maximum Gasteiger partial charge on any atom is 0.224 e. The fraction of sp³-hybridized carbons (Fsp3) is 0.188. The molecule has 3 nitrogen and oxygen atoms in total. The van der Waals surface area contributed by atoms with Gasteiger partial charge in [-0.3, -0.25) is 4.79 Å². The molecule has 0 saturated heterocycles. The number of benzene rings is 2. The second-order valence-corrected chi connectivity index (χ2v) is 6.05. The molecule has 1 heterocycles. The monoisotopic (exact) mass is 379 g/mol. The zero-order valence-corrected chi connectivity index (χ0v) is 12.9. The number of fused-ring (bicyclic) bond motifs is 1. The minimum Gasteiger partial charge on any atom is -0.384 e. The number of carbonyl (C=O) groups is 1. The normalized spacial score (nSPS) is 15.4. The molecular weight excluding hydrogens is 365 g/mol.